The van der Waals surface area contributed by atoms with Gasteiger partial charge in [-0.2, -0.15) is 0 Å². The molecule has 0 aromatic carbocycles. The molecule has 1 aliphatic carbocycles. The van der Waals surface area contributed by atoms with Crippen molar-refractivity contribution in [2.75, 3.05) is 27.9 Å². The summed E-state index contributed by atoms with van der Waals surface area (Å²) in [5.74, 6) is 47.3. The molecule has 1 fully saturated rings. The third kappa shape index (κ3) is 15.5. The molecule has 0 heterocycles. The van der Waals surface area contributed by atoms with Gasteiger partial charge in [0.05, 0.1) is 12.6 Å². The summed E-state index contributed by atoms with van der Waals surface area (Å²) in [5, 5.41) is 5.13. The molecule has 1 aliphatic rings. The van der Waals surface area contributed by atoms with Gasteiger partial charge in [-0.15, -0.1) is 0 Å². The maximum absolute atomic E-state index is 12.3. The quantitative estimate of drug-likeness (QED) is 0.230. The molecular weight excluding hydrogens is 559 g/mol. The second-order valence-corrected chi connectivity index (χ2v) is 10.1. The predicted molar refractivity (Wildman–Crippen MR) is 158 cm³/mol. The van der Waals surface area contributed by atoms with Gasteiger partial charge in [0.1, 0.15) is 12.2 Å². The van der Waals surface area contributed by atoms with E-state index in [9.17, 15) is 9.69 Å². The van der Waals surface area contributed by atoms with Gasteiger partial charge in [0.2, 0.25) is 0 Å². The minimum Gasteiger partial charge on any atom is -0.384 e. The normalized spacial score (nSPS) is 18.2. The van der Waals surface area contributed by atoms with Crippen LogP contribution in [0.1, 0.15) is 13.3 Å². The number of amides is 2. The van der Waals surface area contributed by atoms with E-state index in [0.717, 1.165) is 0 Å². The second kappa shape index (κ2) is 21.2. The van der Waals surface area contributed by atoms with Crippen LogP contribution in [0.5, 0.6) is 0 Å². The molecule has 5 atom stereocenters. The zero-order valence-electron chi connectivity index (χ0n) is 22.6. The van der Waals surface area contributed by atoms with Crippen LogP contribution >= 0.6 is 6.72 Å². The average Bonchev–Trinajstić information content (AvgIpc) is 3.26. The van der Waals surface area contributed by atoms with Crippen molar-refractivity contribution in [2.45, 2.75) is 31.6 Å². The summed E-state index contributed by atoms with van der Waals surface area (Å²) in [6.07, 6.45) is -0.785. The minimum atomic E-state index is -3.46. The van der Waals surface area contributed by atoms with Crippen LogP contribution in [-0.2, 0) is 30.3 Å². The van der Waals surface area contributed by atoms with Crippen molar-refractivity contribution in [1.82, 2.24) is 10.6 Å². The number of urea groups is 1. The number of methoxy groups -OCH3 is 2. The van der Waals surface area contributed by atoms with E-state index in [2.05, 4.69) is 129 Å². The van der Waals surface area contributed by atoms with Gasteiger partial charge in [-0.3, -0.25) is 5.32 Å². The van der Waals surface area contributed by atoms with E-state index in [1.54, 1.807) is 6.92 Å². The molecule has 8 nitrogen and oxygen atoms in total. The van der Waals surface area contributed by atoms with Crippen molar-refractivity contribution in [3.05, 3.63) is 0 Å². The van der Waals surface area contributed by atoms with E-state index < -0.39 is 31.0 Å². The number of carbonyl (C=O) groups excluding carboxylic acids is 1. The van der Waals surface area contributed by atoms with E-state index in [-0.39, 0.29) is 5.92 Å². The van der Waals surface area contributed by atoms with E-state index in [1.807, 2.05) is 0 Å². The van der Waals surface area contributed by atoms with Crippen LogP contribution in [0.25, 0.3) is 0 Å². The molecular formula is C31H23N2O6PS. The summed E-state index contributed by atoms with van der Waals surface area (Å²) >= 11 is 4.96. The molecule has 0 bridgehead atoms. The SMILES string of the molecule is CC#CC#CC#CC#CC#CC#CC#CC#CC#CC#CNC(=O)N[C@H]1C[C@H](COC)C(OP(O)(=S)OC)[C@@H]1OC. The summed E-state index contributed by atoms with van der Waals surface area (Å²) in [7, 11) is 4.27. The fraction of sp³-hybridized carbons (Fsp3) is 0.323. The molecule has 0 aromatic rings. The number of rotatable bonds is 7. The van der Waals surface area contributed by atoms with Crippen molar-refractivity contribution < 1.29 is 28.2 Å². The molecule has 10 heteroatoms. The highest BCUT2D eigenvalue weighted by atomic mass is 32.5. The van der Waals surface area contributed by atoms with Crippen LogP contribution in [0.15, 0.2) is 0 Å². The van der Waals surface area contributed by atoms with Gasteiger partial charge in [0, 0.05) is 92.5 Å². The van der Waals surface area contributed by atoms with E-state index in [1.165, 1.54) is 21.3 Å². The van der Waals surface area contributed by atoms with E-state index >= 15 is 0 Å². The average molecular weight is 583 g/mol. The fourth-order valence-corrected chi connectivity index (χ4v) is 4.12. The van der Waals surface area contributed by atoms with Gasteiger partial charge in [-0.1, -0.05) is 5.92 Å². The summed E-state index contributed by atoms with van der Waals surface area (Å²) in [6.45, 7) is -1.47. The molecule has 0 radical (unpaired) electrons. The summed E-state index contributed by atoms with van der Waals surface area (Å²) in [4.78, 5) is 22.4. The van der Waals surface area contributed by atoms with Gasteiger partial charge in [-0.25, -0.2) is 4.79 Å². The molecule has 41 heavy (non-hydrogen) atoms. The van der Waals surface area contributed by atoms with Crippen LogP contribution in [0.3, 0.4) is 0 Å². The zero-order chi connectivity index (χ0) is 30.2. The molecule has 1 saturated carbocycles. The number of hydrogen-bond donors (Lipinski definition) is 3. The molecule has 2 amide bonds. The van der Waals surface area contributed by atoms with Crippen molar-refractivity contribution in [2.24, 2.45) is 5.92 Å². The Bertz CT molecular complexity index is 1650. The van der Waals surface area contributed by atoms with Crippen LogP contribution in [-0.4, -0.2) is 57.1 Å². The van der Waals surface area contributed by atoms with Crippen molar-refractivity contribution >= 4 is 24.6 Å². The molecule has 2 unspecified atom stereocenters. The van der Waals surface area contributed by atoms with Crippen molar-refractivity contribution in [3.8, 4) is 119 Å². The zero-order valence-corrected chi connectivity index (χ0v) is 24.3. The standard InChI is InChI=1S/C31H23N2O6PS/c1-5-6-7-8-9-10-11-12-13-14-15-16-17-18-19-20-21-22-23-24-32-31(34)33-28-25-27(26-36-2)29(30(28)37-3)39-40(35,41)38-4/h27-30H,25-26H2,1-4H3,(H,35,41)(H2,32,33,34)/t27-,28+,29?,30-,40?/m1/s1. The van der Waals surface area contributed by atoms with Gasteiger partial charge >= 0.3 is 12.7 Å². The second-order valence-electron chi connectivity index (χ2n) is 7.20. The van der Waals surface area contributed by atoms with Crippen LogP contribution in [0, 0.1) is 124 Å². The Kier molecular flexibility index (Phi) is 17.7. The highest BCUT2D eigenvalue weighted by Crippen LogP contribution is 2.48. The lowest BCUT2D eigenvalue weighted by Crippen LogP contribution is -2.47. The molecule has 0 saturated heterocycles. The smallest absolute Gasteiger partial charge is 0.326 e. The monoisotopic (exact) mass is 582 g/mol. The first kappa shape index (κ1) is 34.3. The predicted octanol–water partition coefficient (Wildman–Crippen LogP) is 0.595. The highest BCUT2D eigenvalue weighted by Gasteiger charge is 2.47. The van der Waals surface area contributed by atoms with Crippen LogP contribution in [0.4, 0.5) is 4.79 Å². The summed E-state index contributed by atoms with van der Waals surface area (Å²) < 4.78 is 21.2. The third-order valence-corrected chi connectivity index (χ3v) is 6.30. The topological polar surface area (TPSA) is 98.3 Å². The van der Waals surface area contributed by atoms with Crippen LogP contribution in [0.2, 0.25) is 0 Å². The Morgan fingerprint density at radius 3 is 1.68 bits per heavy atom. The van der Waals surface area contributed by atoms with Crippen molar-refractivity contribution in [3.63, 3.8) is 0 Å². The summed E-state index contributed by atoms with van der Waals surface area (Å²) in [5.41, 5.74) is 0. The number of ether oxygens (including phenoxy) is 2. The highest BCUT2D eigenvalue weighted by molar-refractivity contribution is 8.07. The van der Waals surface area contributed by atoms with Gasteiger partial charge in [-0.05, 0) is 72.5 Å². The minimum absolute atomic E-state index is 0.200. The van der Waals surface area contributed by atoms with Crippen LogP contribution < -0.4 is 10.6 Å². The van der Waals surface area contributed by atoms with Gasteiger partial charge in [0.25, 0.3) is 0 Å². The Morgan fingerprint density at radius 1 is 0.805 bits per heavy atom. The van der Waals surface area contributed by atoms with Gasteiger partial charge < -0.3 is 28.7 Å². The van der Waals surface area contributed by atoms with Gasteiger partial charge in [0.15, 0.2) is 0 Å². The first-order valence-corrected chi connectivity index (χ1v) is 14.0. The molecule has 0 aromatic heterocycles. The lowest BCUT2D eigenvalue weighted by molar-refractivity contribution is -0.0211. The lowest BCUT2D eigenvalue weighted by atomic mass is 10.1. The Morgan fingerprint density at radius 2 is 1.27 bits per heavy atom. The maximum atomic E-state index is 12.3. The molecule has 3 N–H and O–H groups in total. The largest absolute Gasteiger partial charge is 0.384 e. The first-order chi connectivity index (χ1) is 19.9. The summed E-state index contributed by atoms with van der Waals surface area (Å²) in [6, 6.07) is 1.39. The Balaban J connectivity index is 2.57. The fourth-order valence-electron chi connectivity index (χ4n) is 3.14. The van der Waals surface area contributed by atoms with Crippen molar-refractivity contribution in [1.29, 1.82) is 0 Å². The molecule has 0 spiro atoms. The molecule has 204 valence electrons. The maximum Gasteiger partial charge on any atom is 0.326 e. The molecule has 1 rings (SSSR count). The first-order valence-electron chi connectivity index (χ1n) is 11.5. The Hall–Kier alpha value is -4.68. The van der Waals surface area contributed by atoms with E-state index in [4.69, 9.17) is 30.3 Å². The third-order valence-electron chi connectivity index (χ3n) is 4.62. The molecule has 0 aliphatic heterocycles. The number of carbonyl (C=O) groups is 1. The lowest BCUT2D eigenvalue weighted by Gasteiger charge is -2.28. The Labute approximate surface area is 247 Å². The number of hydrogen-bond acceptors (Lipinski definition) is 6. The van der Waals surface area contributed by atoms with E-state index in [0.29, 0.717) is 13.0 Å². The number of nitrogens with one attached hydrogen (secondary N) is 2.